The molecule has 152 valence electrons. The second-order valence-corrected chi connectivity index (χ2v) is 7.32. The Morgan fingerprint density at radius 3 is 2.52 bits per heavy atom. The quantitative estimate of drug-likeness (QED) is 0.446. The molecule has 0 aromatic heterocycles. The number of carbonyl (C=O) groups is 4. The van der Waals surface area contributed by atoms with Gasteiger partial charge in [0.05, 0.1) is 12.6 Å². The zero-order valence-electron chi connectivity index (χ0n) is 16.0. The van der Waals surface area contributed by atoms with Crippen molar-refractivity contribution < 1.29 is 24.3 Å². The number of carboxylic acids is 1. The van der Waals surface area contributed by atoms with E-state index in [4.69, 9.17) is 0 Å². The lowest BCUT2D eigenvalue weighted by atomic mass is 9.99. The molecule has 4 atom stereocenters. The molecule has 2 saturated heterocycles. The summed E-state index contributed by atoms with van der Waals surface area (Å²) in [6.45, 7) is 4.69. The van der Waals surface area contributed by atoms with Crippen LogP contribution < -0.4 is 16.0 Å². The minimum absolute atomic E-state index is 0.158. The number of amides is 3. The monoisotopic (exact) mass is 382 g/mol. The normalized spacial score (nSPS) is 24.3. The SMILES string of the molecule is CCC(C)C(NC(=O)C1CCCN1C(=O)CNC(=O)C1CCCN1)C(=O)O. The van der Waals surface area contributed by atoms with Gasteiger partial charge in [-0.05, 0) is 38.1 Å². The van der Waals surface area contributed by atoms with Gasteiger partial charge in [0.1, 0.15) is 12.1 Å². The molecule has 0 aliphatic carbocycles. The number of nitrogens with zero attached hydrogens (tertiary/aromatic N) is 1. The molecule has 9 heteroatoms. The average molecular weight is 382 g/mol. The molecule has 0 aromatic rings. The van der Waals surface area contributed by atoms with Gasteiger partial charge < -0.3 is 26.0 Å². The summed E-state index contributed by atoms with van der Waals surface area (Å²) in [5, 5.41) is 17.6. The van der Waals surface area contributed by atoms with Crippen molar-refractivity contribution in [2.45, 2.75) is 64.1 Å². The zero-order valence-corrected chi connectivity index (χ0v) is 16.0. The third-order valence-electron chi connectivity index (χ3n) is 5.44. The Morgan fingerprint density at radius 1 is 1.19 bits per heavy atom. The van der Waals surface area contributed by atoms with Crippen molar-refractivity contribution in [3.05, 3.63) is 0 Å². The Hall–Kier alpha value is -2.16. The van der Waals surface area contributed by atoms with E-state index in [1.807, 2.05) is 6.92 Å². The minimum Gasteiger partial charge on any atom is -0.480 e. The summed E-state index contributed by atoms with van der Waals surface area (Å²) in [5.41, 5.74) is 0. The lowest BCUT2D eigenvalue weighted by Crippen LogP contribution is -2.54. The molecule has 0 saturated carbocycles. The first-order chi connectivity index (χ1) is 12.8. The van der Waals surface area contributed by atoms with E-state index in [-0.39, 0.29) is 30.3 Å². The van der Waals surface area contributed by atoms with E-state index in [1.165, 1.54) is 4.90 Å². The lowest BCUT2D eigenvalue weighted by Gasteiger charge is -2.27. The maximum Gasteiger partial charge on any atom is 0.326 e. The fourth-order valence-corrected chi connectivity index (χ4v) is 3.57. The molecule has 3 amide bonds. The molecular weight excluding hydrogens is 352 g/mol. The highest BCUT2D eigenvalue weighted by molar-refractivity contribution is 5.93. The van der Waals surface area contributed by atoms with Crippen LogP contribution in [-0.4, -0.2) is 71.5 Å². The molecule has 27 heavy (non-hydrogen) atoms. The Labute approximate surface area is 159 Å². The van der Waals surface area contributed by atoms with Crippen LogP contribution >= 0.6 is 0 Å². The van der Waals surface area contributed by atoms with E-state index in [1.54, 1.807) is 6.92 Å². The molecule has 2 aliphatic heterocycles. The van der Waals surface area contributed by atoms with Gasteiger partial charge in [-0.1, -0.05) is 20.3 Å². The van der Waals surface area contributed by atoms with E-state index < -0.39 is 24.0 Å². The highest BCUT2D eigenvalue weighted by atomic mass is 16.4. The van der Waals surface area contributed by atoms with E-state index in [9.17, 15) is 24.3 Å². The van der Waals surface area contributed by atoms with Gasteiger partial charge in [-0.25, -0.2) is 4.79 Å². The summed E-state index contributed by atoms with van der Waals surface area (Å²) in [6.07, 6.45) is 3.46. The standard InChI is InChI=1S/C18H30N4O5/c1-3-11(2)15(18(26)27)21-17(25)13-7-5-9-22(13)14(23)10-20-16(24)12-6-4-8-19-12/h11-13,15,19H,3-10H2,1-2H3,(H,20,24)(H,21,25)(H,26,27). The molecule has 9 nitrogen and oxygen atoms in total. The Morgan fingerprint density at radius 2 is 1.93 bits per heavy atom. The first-order valence-electron chi connectivity index (χ1n) is 9.68. The maximum absolute atomic E-state index is 12.6. The van der Waals surface area contributed by atoms with Gasteiger partial charge in [-0.2, -0.15) is 0 Å². The van der Waals surface area contributed by atoms with Crippen LogP contribution in [0.1, 0.15) is 46.0 Å². The number of carbonyl (C=O) groups excluding carboxylic acids is 3. The van der Waals surface area contributed by atoms with Gasteiger partial charge in [-0.3, -0.25) is 14.4 Å². The smallest absolute Gasteiger partial charge is 0.326 e. The predicted molar refractivity (Wildman–Crippen MR) is 97.8 cm³/mol. The van der Waals surface area contributed by atoms with Gasteiger partial charge in [0.15, 0.2) is 0 Å². The molecule has 0 radical (unpaired) electrons. The highest BCUT2D eigenvalue weighted by Crippen LogP contribution is 2.18. The van der Waals surface area contributed by atoms with E-state index in [2.05, 4.69) is 16.0 Å². The average Bonchev–Trinajstić information content (AvgIpc) is 3.34. The van der Waals surface area contributed by atoms with Crippen LogP contribution in [-0.2, 0) is 19.2 Å². The molecule has 2 heterocycles. The van der Waals surface area contributed by atoms with Crippen LogP contribution in [0.4, 0.5) is 0 Å². The van der Waals surface area contributed by atoms with Crippen molar-refractivity contribution in [2.24, 2.45) is 5.92 Å². The van der Waals surface area contributed by atoms with Gasteiger partial charge in [0, 0.05) is 6.54 Å². The van der Waals surface area contributed by atoms with Crippen molar-refractivity contribution >= 4 is 23.7 Å². The van der Waals surface area contributed by atoms with Crippen LogP contribution in [0.5, 0.6) is 0 Å². The topological polar surface area (TPSA) is 128 Å². The van der Waals surface area contributed by atoms with Gasteiger partial charge in [-0.15, -0.1) is 0 Å². The van der Waals surface area contributed by atoms with Gasteiger partial charge >= 0.3 is 5.97 Å². The van der Waals surface area contributed by atoms with Crippen LogP contribution in [0.25, 0.3) is 0 Å². The van der Waals surface area contributed by atoms with Crippen molar-refractivity contribution in [2.75, 3.05) is 19.6 Å². The fourth-order valence-electron chi connectivity index (χ4n) is 3.57. The van der Waals surface area contributed by atoms with Crippen LogP contribution in [0.2, 0.25) is 0 Å². The number of likely N-dealkylation sites (tertiary alicyclic amines) is 1. The van der Waals surface area contributed by atoms with Crippen molar-refractivity contribution in [1.82, 2.24) is 20.9 Å². The second kappa shape index (κ2) is 9.68. The molecule has 4 N–H and O–H groups in total. The molecule has 2 rings (SSSR count). The van der Waals surface area contributed by atoms with Gasteiger partial charge in [0.25, 0.3) is 0 Å². The number of carboxylic acid groups (broad SMARTS) is 1. The number of nitrogens with one attached hydrogen (secondary N) is 3. The van der Waals surface area contributed by atoms with Crippen LogP contribution in [0, 0.1) is 5.92 Å². The molecule has 0 aromatic carbocycles. The summed E-state index contributed by atoms with van der Waals surface area (Å²) in [5.74, 6) is -2.27. The third-order valence-corrected chi connectivity index (χ3v) is 5.44. The van der Waals surface area contributed by atoms with E-state index in [0.29, 0.717) is 25.8 Å². The first-order valence-corrected chi connectivity index (χ1v) is 9.68. The molecular formula is C18H30N4O5. The van der Waals surface area contributed by atoms with Crippen LogP contribution in [0.15, 0.2) is 0 Å². The minimum atomic E-state index is -1.08. The van der Waals surface area contributed by atoms with Crippen molar-refractivity contribution in [3.8, 4) is 0 Å². The number of hydrogen-bond donors (Lipinski definition) is 4. The summed E-state index contributed by atoms with van der Waals surface area (Å²) < 4.78 is 0. The molecule has 0 spiro atoms. The molecule has 2 fully saturated rings. The first kappa shape index (κ1) is 21.1. The largest absolute Gasteiger partial charge is 0.480 e. The number of rotatable bonds is 8. The van der Waals surface area contributed by atoms with E-state index >= 15 is 0 Å². The molecule has 4 unspecified atom stereocenters. The summed E-state index contributed by atoms with van der Waals surface area (Å²) in [6, 6.07) is -1.93. The van der Waals surface area contributed by atoms with Crippen molar-refractivity contribution in [3.63, 3.8) is 0 Å². The maximum atomic E-state index is 12.6. The molecule has 0 bridgehead atoms. The zero-order chi connectivity index (χ0) is 20.0. The van der Waals surface area contributed by atoms with Crippen LogP contribution in [0.3, 0.4) is 0 Å². The van der Waals surface area contributed by atoms with Crippen molar-refractivity contribution in [1.29, 1.82) is 0 Å². The van der Waals surface area contributed by atoms with E-state index in [0.717, 1.165) is 19.4 Å². The fraction of sp³-hybridized carbons (Fsp3) is 0.778. The number of aliphatic carboxylic acids is 1. The Bertz CT molecular complexity index is 576. The second-order valence-electron chi connectivity index (χ2n) is 7.32. The van der Waals surface area contributed by atoms with Gasteiger partial charge in [0.2, 0.25) is 17.7 Å². The Kier molecular flexibility index (Phi) is 7.58. The predicted octanol–water partition coefficient (Wildman–Crippen LogP) is -0.539. The summed E-state index contributed by atoms with van der Waals surface area (Å²) in [7, 11) is 0. The Balaban J connectivity index is 1.90. The number of hydrogen-bond acceptors (Lipinski definition) is 5. The lowest BCUT2D eigenvalue weighted by molar-refractivity contribution is -0.145. The summed E-state index contributed by atoms with van der Waals surface area (Å²) >= 11 is 0. The highest BCUT2D eigenvalue weighted by Gasteiger charge is 2.37. The third kappa shape index (κ3) is 5.41. The molecule has 2 aliphatic rings. The summed E-state index contributed by atoms with van der Waals surface area (Å²) in [4.78, 5) is 49.9.